The number of nitrogens with zero attached hydrogens (tertiary/aromatic N) is 4. The molecule has 3 unspecified atom stereocenters. The Morgan fingerprint density at radius 1 is 1.15 bits per heavy atom. The summed E-state index contributed by atoms with van der Waals surface area (Å²) in [4.78, 5) is 24.1. The average molecular weight is 679 g/mol. The fraction of sp³-hybridized carbons (Fsp3) is 0.457. The fourth-order valence-corrected chi connectivity index (χ4v) is 7.78. The van der Waals surface area contributed by atoms with Crippen LogP contribution in [0, 0.1) is 31.2 Å². The van der Waals surface area contributed by atoms with E-state index in [2.05, 4.69) is 54.2 Å². The highest BCUT2D eigenvalue weighted by molar-refractivity contribution is 7.82. The predicted octanol–water partition coefficient (Wildman–Crippen LogP) is 8.55. The molecule has 1 saturated carbocycles. The van der Waals surface area contributed by atoms with Crippen molar-refractivity contribution in [1.29, 1.82) is 0 Å². The summed E-state index contributed by atoms with van der Waals surface area (Å²) in [5, 5.41) is 3.20. The van der Waals surface area contributed by atoms with Crippen molar-refractivity contribution < 1.29 is 17.9 Å². The van der Waals surface area contributed by atoms with Crippen LogP contribution < -0.4 is 13.8 Å². The molecule has 0 amide bonds. The molecule has 4 aromatic rings. The Morgan fingerprint density at radius 2 is 1.85 bits per heavy atom. The van der Waals surface area contributed by atoms with Gasteiger partial charge in [0, 0.05) is 18.7 Å². The summed E-state index contributed by atoms with van der Waals surface area (Å²) >= 11 is 4.74. The van der Waals surface area contributed by atoms with Crippen LogP contribution in [0.3, 0.4) is 0 Å². The van der Waals surface area contributed by atoms with Crippen molar-refractivity contribution in [3.63, 3.8) is 0 Å². The molecule has 47 heavy (non-hydrogen) atoms. The molecule has 0 radical (unpaired) electrons. The lowest BCUT2D eigenvalue weighted by Gasteiger charge is -2.37. The van der Waals surface area contributed by atoms with Crippen LogP contribution in [0.1, 0.15) is 75.9 Å². The van der Waals surface area contributed by atoms with E-state index in [4.69, 9.17) is 32.1 Å². The molecule has 2 N–H and O–H groups in total. The van der Waals surface area contributed by atoms with Crippen molar-refractivity contribution in [2.45, 2.75) is 73.8 Å². The normalized spacial score (nSPS) is 20.1. The number of aromatic amines is 1. The van der Waals surface area contributed by atoms with Crippen LogP contribution in [0.5, 0.6) is 5.75 Å². The molecule has 0 aliphatic heterocycles. The molecule has 250 valence electrons. The third-order valence-corrected chi connectivity index (χ3v) is 10.1. The first-order valence-electron chi connectivity index (χ1n) is 16.2. The van der Waals surface area contributed by atoms with E-state index >= 15 is 0 Å². The van der Waals surface area contributed by atoms with Crippen molar-refractivity contribution in [3.8, 4) is 17.1 Å². The van der Waals surface area contributed by atoms with E-state index in [9.17, 15) is 9.00 Å². The summed E-state index contributed by atoms with van der Waals surface area (Å²) in [5.74, 6) is 1.32. The molecular weight excluding hydrogens is 636 g/mol. The van der Waals surface area contributed by atoms with Crippen molar-refractivity contribution >= 4 is 51.5 Å². The lowest BCUT2D eigenvalue weighted by Crippen LogP contribution is -2.37. The van der Waals surface area contributed by atoms with Crippen molar-refractivity contribution in [1.82, 2.24) is 14.6 Å². The zero-order valence-corrected chi connectivity index (χ0v) is 29.6. The molecule has 0 spiro atoms. The van der Waals surface area contributed by atoms with E-state index in [1.54, 1.807) is 0 Å². The van der Waals surface area contributed by atoms with Crippen LogP contribution in [0.25, 0.3) is 21.9 Å². The van der Waals surface area contributed by atoms with Crippen molar-refractivity contribution in [2.24, 2.45) is 17.8 Å². The van der Waals surface area contributed by atoms with Gasteiger partial charge in [-0.25, -0.2) is 19.1 Å². The zero-order valence-electron chi connectivity index (χ0n) is 28.0. The fourth-order valence-electron chi connectivity index (χ4n) is 6.82. The van der Waals surface area contributed by atoms with Crippen LogP contribution in [0.4, 0.5) is 17.1 Å². The topological polar surface area (TPSA) is 105 Å². The highest BCUT2D eigenvalue weighted by atomic mass is 35.5. The van der Waals surface area contributed by atoms with Gasteiger partial charge in [-0.1, -0.05) is 51.4 Å². The van der Waals surface area contributed by atoms with Crippen LogP contribution in [-0.4, -0.2) is 44.0 Å². The molecule has 1 aliphatic rings. The van der Waals surface area contributed by atoms with E-state index in [0.717, 1.165) is 49.2 Å². The number of anilines is 2. The molecule has 1 aliphatic carbocycles. The van der Waals surface area contributed by atoms with Crippen LogP contribution in [0.15, 0.2) is 36.4 Å². The van der Waals surface area contributed by atoms with Gasteiger partial charge in [0.15, 0.2) is 11.5 Å². The van der Waals surface area contributed by atoms with Gasteiger partial charge in [-0.05, 0) is 93.2 Å². The quantitative estimate of drug-likeness (QED) is 0.122. The largest absolute Gasteiger partial charge is 0.459 e. The maximum absolute atomic E-state index is 13.7. The molecule has 5 rings (SSSR count). The number of hydrogen-bond donors (Lipinski definition) is 2. The maximum Gasteiger partial charge on any atom is 0.331 e. The monoisotopic (exact) mass is 678 g/mol. The van der Waals surface area contributed by atoms with Gasteiger partial charge in [-0.3, -0.25) is 9.82 Å². The molecule has 2 heterocycles. The minimum atomic E-state index is -1.90. The van der Waals surface area contributed by atoms with Gasteiger partial charge < -0.3 is 13.8 Å². The van der Waals surface area contributed by atoms with Gasteiger partial charge in [0.2, 0.25) is 5.69 Å². The number of H-pyrrole nitrogens is 1. The molecule has 0 bridgehead atoms. The Bertz CT molecular complexity index is 1830. The summed E-state index contributed by atoms with van der Waals surface area (Å²) < 4.78 is 29.8. The molecule has 0 saturated heterocycles. The van der Waals surface area contributed by atoms with E-state index in [1.165, 1.54) is 4.52 Å². The predicted molar refractivity (Wildman–Crippen MR) is 189 cm³/mol. The number of nitrogens with one attached hydrogen (secondary N) is 2. The lowest BCUT2D eigenvalue weighted by atomic mass is 9.75. The van der Waals surface area contributed by atoms with Gasteiger partial charge in [-0.15, -0.1) is 0 Å². The highest BCUT2D eigenvalue weighted by Crippen LogP contribution is 2.40. The first-order valence-corrected chi connectivity index (χ1v) is 17.7. The Hall–Kier alpha value is -4.01. The third kappa shape index (κ3) is 6.99. The second-order valence-electron chi connectivity index (χ2n) is 12.5. The Balaban J connectivity index is 1.50. The molecule has 12 heteroatoms. The van der Waals surface area contributed by atoms with E-state index in [-0.39, 0.29) is 40.0 Å². The van der Waals surface area contributed by atoms with E-state index < -0.39 is 17.2 Å². The van der Waals surface area contributed by atoms with Gasteiger partial charge in [0.05, 0.1) is 17.9 Å². The first-order chi connectivity index (χ1) is 22.5. The van der Waals surface area contributed by atoms with Gasteiger partial charge in [0.1, 0.15) is 22.6 Å². The zero-order chi connectivity index (χ0) is 34.0. The smallest absolute Gasteiger partial charge is 0.331 e. The van der Waals surface area contributed by atoms with Crippen LogP contribution in [0.2, 0.25) is 5.15 Å². The minimum Gasteiger partial charge on any atom is -0.459 e. The Morgan fingerprint density at radius 3 is 2.49 bits per heavy atom. The summed E-state index contributed by atoms with van der Waals surface area (Å²) in [6, 6.07) is 11.5. The number of halogens is 1. The Kier molecular flexibility index (Phi) is 10.5. The third-order valence-electron chi connectivity index (χ3n) is 9.06. The average Bonchev–Trinajstić information content (AvgIpc) is 3.57. The number of fused-ring (bicyclic) bond motifs is 1. The number of aromatic nitrogens is 3. The second kappa shape index (κ2) is 14.4. The lowest BCUT2D eigenvalue weighted by molar-refractivity contribution is -0.0249. The SMILES string of the molecule is [C-]#[N+]c1c(C(=O)OC2C(C)CC(C)CC2C)c2nc(-c3ccc(N(CC)CC)c(NS(=O)Oc4cc(C)ccc4CC)c3)[nH]n2c1Cl. The van der Waals surface area contributed by atoms with E-state index in [1.807, 2.05) is 50.2 Å². The number of esters is 1. The number of carbonyl (C=O) groups excluding carboxylic acids is 1. The van der Waals surface area contributed by atoms with Crippen LogP contribution >= 0.6 is 11.6 Å². The van der Waals surface area contributed by atoms with E-state index in [0.29, 0.717) is 28.7 Å². The number of carbonyl (C=O) groups is 1. The minimum absolute atomic E-state index is 0.000769. The number of ether oxygens (including phenoxy) is 1. The molecule has 3 atom stereocenters. The Labute approximate surface area is 284 Å². The van der Waals surface area contributed by atoms with Gasteiger partial charge in [-0.2, -0.15) is 4.21 Å². The summed E-state index contributed by atoms with van der Waals surface area (Å²) in [5.41, 5.74) is 4.30. The van der Waals surface area contributed by atoms with Gasteiger partial charge >= 0.3 is 17.2 Å². The molecule has 2 aromatic carbocycles. The second-order valence-corrected chi connectivity index (χ2v) is 13.7. The number of hydrogen-bond acceptors (Lipinski definition) is 6. The molecule has 1 fully saturated rings. The summed E-state index contributed by atoms with van der Waals surface area (Å²) in [6.07, 6.45) is 2.42. The standard InChI is InChI=1S/C35H43ClN6O4S/c1-9-24-13-12-20(4)18-28(24)46-47(44)40-26-19-25(14-15-27(26)41(10-2)11-3)33-38-34-29(30(37-8)32(36)42(34)39-33)35(43)45-31-22(6)16-21(5)17-23(31)7/h12-15,18-19,21-23,31,40H,9-11,16-17H2,1-7H3,(H,38,39). The maximum atomic E-state index is 13.7. The molecular formula is C35H43ClN6O4S. The van der Waals surface area contributed by atoms with Gasteiger partial charge in [0.25, 0.3) is 0 Å². The number of aryl methyl sites for hydroxylation is 2. The van der Waals surface area contributed by atoms with Crippen molar-refractivity contribution in [2.75, 3.05) is 22.7 Å². The molecule has 10 nitrogen and oxygen atoms in total. The first kappa shape index (κ1) is 34.3. The van der Waals surface area contributed by atoms with Crippen molar-refractivity contribution in [3.05, 3.63) is 69.7 Å². The summed E-state index contributed by atoms with van der Waals surface area (Å²) in [7, 11) is 0. The summed E-state index contributed by atoms with van der Waals surface area (Å²) in [6.45, 7) is 23.8. The molecule has 2 aromatic heterocycles. The number of rotatable bonds is 11. The number of benzene rings is 2. The van der Waals surface area contributed by atoms with Crippen LogP contribution in [-0.2, 0) is 22.4 Å². The highest BCUT2D eigenvalue weighted by Gasteiger charge is 2.36.